The van der Waals surface area contributed by atoms with Crippen LogP contribution in [0.25, 0.3) is 0 Å². The van der Waals surface area contributed by atoms with Crippen LogP contribution in [0.4, 0.5) is 0 Å². The number of likely N-dealkylation sites (N-methyl/N-ethyl adjacent to an activating group) is 1. The topological polar surface area (TPSA) is 12.5 Å². The molecule has 1 aliphatic heterocycles. The molecule has 0 aromatic carbocycles. The van der Waals surface area contributed by atoms with Gasteiger partial charge in [-0.1, -0.05) is 6.58 Å². The van der Waals surface area contributed by atoms with Crippen molar-refractivity contribution in [1.29, 1.82) is 0 Å². The van der Waals surface area contributed by atoms with E-state index >= 15 is 0 Å². The van der Waals surface area contributed by atoms with Crippen LogP contribution in [0.5, 0.6) is 0 Å². The summed E-state index contributed by atoms with van der Waals surface area (Å²) in [5.41, 5.74) is 0. The molecule has 0 unspecified atom stereocenters. The van der Waals surface area contributed by atoms with Crippen molar-refractivity contribution in [3.63, 3.8) is 0 Å². The van der Waals surface area contributed by atoms with E-state index < -0.39 is 0 Å². The fraction of sp³-hybridized carbons (Fsp3) is 0.500. The van der Waals surface area contributed by atoms with Gasteiger partial charge in [0.05, 0.1) is 20.6 Å². The highest BCUT2D eigenvalue weighted by Crippen LogP contribution is 2.16. The Balaban J connectivity index is 0.000001000. The molecule has 0 bridgehead atoms. The molecule has 11 heavy (non-hydrogen) atoms. The van der Waals surface area contributed by atoms with E-state index in [4.69, 9.17) is 4.74 Å². The molecule has 0 amide bonds. The van der Waals surface area contributed by atoms with Gasteiger partial charge in [0.15, 0.2) is 5.76 Å². The van der Waals surface area contributed by atoms with Crippen LogP contribution in [-0.2, 0) is 4.74 Å². The van der Waals surface area contributed by atoms with E-state index in [0.717, 1.165) is 23.3 Å². The molecule has 64 valence electrons. The zero-order valence-electron chi connectivity index (χ0n) is 7.01. The summed E-state index contributed by atoms with van der Waals surface area (Å²) in [6, 6.07) is 0. The Morgan fingerprint density at radius 3 is 2.55 bits per heavy atom. The quantitative estimate of drug-likeness (QED) is 0.360. The van der Waals surface area contributed by atoms with E-state index in [1.165, 1.54) is 0 Å². The van der Waals surface area contributed by atoms with Gasteiger partial charge in [-0.25, -0.2) is 0 Å². The van der Waals surface area contributed by atoms with Gasteiger partial charge >= 0.3 is 0 Å². The Bertz CT molecular complexity index is 175. The number of hydrogen-bond donors (Lipinski definition) is 0. The molecule has 0 atom stereocenters. The van der Waals surface area contributed by atoms with Crippen molar-refractivity contribution >= 4 is 0 Å². The van der Waals surface area contributed by atoms with E-state index in [0.29, 0.717) is 0 Å². The molecule has 0 fully saturated rings. The van der Waals surface area contributed by atoms with E-state index in [-0.39, 0.29) is 12.4 Å². The summed E-state index contributed by atoms with van der Waals surface area (Å²) in [5, 5.41) is 0. The zero-order chi connectivity index (χ0) is 7.61. The standard InChI is InChI=1S/C8H14NO.ClH/c1-4-5-9(2,3)6-8-7-10-8;/h4,7H,1,5-6H2,2-3H3;1H/q+1;/p-1. The third kappa shape index (κ3) is 4.06. The molecule has 2 nitrogen and oxygen atoms in total. The van der Waals surface area contributed by atoms with Gasteiger partial charge in [0, 0.05) is 0 Å². The summed E-state index contributed by atoms with van der Waals surface area (Å²) in [7, 11) is 4.31. The lowest BCUT2D eigenvalue weighted by atomic mass is 10.4. The van der Waals surface area contributed by atoms with E-state index in [2.05, 4.69) is 20.7 Å². The molecular weight excluding hydrogens is 162 g/mol. The molecule has 0 saturated heterocycles. The molecular formula is C8H14ClNO. The van der Waals surface area contributed by atoms with Gasteiger partial charge < -0.3 is 21.6 Å². The van der Waals surface area contributed by atoms with Crippen LogP contribution in [0.2, 0.25) is 0 Å². The molecule has 0 aromatic rings. The summed E-state index contributed by atoms with van der Waals surface area (Å²) >= 11 is 0. The minimum atomic E-state index is 0. The highest BCUT2D eigenvalue weighted by atomic mass is 35.5. The molecule has 0 saturated carbocycles. The lowest BCUT2D eigenvalue weighted by Gasteiger charge is -2.25. The van der Waals surface area contributed by atoms with Gasteiger partial charge in [-0.05, 0) is 6.08 Å². The van der Waals surface area contributed by atoms with Crippen LogP contribution < -0.4 is 12.4 Å². The molecule has 1 aliphatic rings. The Morgan fingerprint density at radius 2 is 2.18 bits per heavy atom. The predicted molar refractivity (Wildman–Crippen MR) is 41.2 cm³/mol. The molecule has 0 aromatic heterocycles. The Kier molecular flexibility index (Phi) is 3.63. The van der Waals surface area contributed by atoms with Crippen LogP contribution >= 0.6 is 0 Å². The Morgan fingerprint density at radius 1 is 1.64 bits per heavy atom. The molecule has 1 heterocycles. The van der Waals surface area contributed by atoms with Crippen LogP contribution in [0.1, 0.15) is 0 Å². The largest absolute Gasteiger partial charge is 1.00 e. The molecule has 0 radical (unpaired) electrons. The summed E-state index contributed by atoms with van der Waals surface area (Å²) in [5.74, 6) is 1.10. The summed E-state index contributed by atoms with van der Waals surface area (Å²) in [6.07, 6.45) is 3.73. The number of halogens is 1. The first-order valence-corrected chi connectivity index (χ1v) is 3.43. The maximum absolute atomic E-state index is 4.93. The number of ether oxygens (including phenoxy) is 1. The van der Waals surface area contributed by atoms with Gasteiger partial charge in [-0.15, -0.1) is 0 Å². The molecule has 3 heteroatoms. The number of hydrogen-bond acceptors (Lipinski definition) is 1. The van der Waals surface area contributed by atoms with Gasteiger partial charge in [0.25, 0.3) is 0 Å². The monoisotopic (exact) mass is 175 g/mol. The van der Waals surface area contributed by atoms with Crippen molar-refractivity contribution in [2.45, 2.75) is 0 Å². The summed E-state index contributed by atoms with van der Waals surface area (Å²) < 4.78 is 5.86. The van der Waals surface area contributed by atoms with Crippen LogP contribution in [-0.4, -0.2) is 31.7 Å². The second-order valence-electron chi connectivity index (χ2n) is 3.27. The third-order valence-electron chi connectivity index (χ3n) is 1.49. The Hall–Kier alpha value is -0.470. The lowest BCUT2D eigenvalue weighted by molar-refractivity contribution is -0.880. The first kappa shape index (κ1) is 10.5. The molecule has 0 spiro atoms. The van der Waals surface area contributed by atoms with E-state index in [9.17, 15) is 0 Å². The van der Waals surface area contributed by atoms with Crippen LogP contribution in [0.15, 0.2) is 24.7 Å². The normalized spacial score (nSPS) is 14.2. The highest BCUT2D eigenvalue weighted by molar-refractivity contribution is 5.02. The predicted octanol–water partition coefficient (Wildman–Crippen LogP) is -1.88. The van der Waals surface area contributed by atoms with Crippen molar-refractivity contribution in [2.75, 3.05) is 27.2 Å². The smallest absolute Gasteiger partial charge is 0.192 e. The van der Waals surface area contributed by atoms with Gasteiger partial charge in [-0.2, -0.15) is 0 Å². The SMILES string of the molecule is C=CC[N+](C)(C)CC1=CO1.[Cl-]. The highest BCUT2D eigenvalue weighted by Gasteiger charge is 2.22. The van der Waals surface area contributed by atoms with Crippen molar-refractivity contribution < 1.29 is 21.6 Å². The van der Waals surface area contributed by atoms with Crippen LogP contribution in [0, 0.1) is 0 Å². The molecule has 1 rings (SSSR count). The molecule has 0 aliphatic carbocycles. The van der Waals surface area contributed by atoms with Crippen molar-refractivity contribution in [3.8, 4) is 0 Å². The second-order valence-corrected chi connectivity index (χ2v) is 3.27. The average Bonchev–Trinajstić information content (AvgIpc) is 2.48. The second kappa shape index (κ2) is 3.79. The third-order valence-corrected chi connectivity index (χ3v) is 1.49. The van der Waals surface area contributed by atoms with E-state index in [1.807, 2.05) is 6.08 Å². The number of rotatable bonds is 4. The minimum absolute atomic E-state index is 0. The van der Waals surface area contributed by atoms with Gasteiger partial charge in [0.1, 0.15) is 12.8 Å². The maximum atomic E-state index is 4.93. The number of nitrogens with zero attached hydrogens (tertiary/aromatic N) is 1. The molecule has 0 N–H and O–H groups in total. The maximum Gasteiger partial charge on any atom is 0.192 e. The first-order chi connectivity index (χ1) is 4.64. The fourth-order valence-corrected chi connectivity index (χ4v) is 0.952. The lowest BCUT2D eigenvalue weighted by Crippen LogP contribution is -3.00. The average molecular weight is 176 g/mol. The zero-order valence-corrected chi connectivity index (χ0v) is 7.77. The summed E-state index contributed by atoms with van der Waals surface area (Å²) in [4.78, 5) is 0. The fourth-order valence-electron chi connectivity index (χ4n) is 0.952. The number of quaternary nitrogens is 1. The van der Waals surface area contributed by atoms with Gasteiger partial charge in [-0.3, -0.25) is 0 Å². The van der Waals surface area contributed by atoms with Crippen molar-refractivity contribution in [3.05, 3.63) is 24.7 Å². The van der Waals surface area contributed by atoms with Crippen molar-refractivity contribution in [2.24, 2.45) is 0 Å². The minimum Gasteiger partial charge on any atom is -1.00 e. The van der Waals surface area contributed by atoms with E-state index in [1.54, 1.807) is 6.26 Å². The summed E-state index contributed by atoms with van der Waals surface area (Å²) in [6.45, 7) is 5.66. The van der Waals surface area contributed by atoms with Crippen LogP contribution in [0.3, 0.4) is 0 Å². The van der Waals surface area contributed by atoms with Gasteiger partial charge in [0.2, 0.25) is 0 Å². The Labute approximate surface area is 74.1 Å². The first-order valence-electron chi connectivity index (χ1n) is 3.43. The van der Waals surface area contributed by atoms with Crippen molar-refractivity contribution in [1.82, 2.24) is 0 Å².